The van der Waals surface area contributed by atoms with Gasteiger partial charge in [0.1, 0.15) is 5.60 Å². The molecule has 1 amide bonds. The smallest absolute Gasteiger partial charge is 0.407 e. The Balaban J connectivity index is 1.80. The summed E-state index contributed by atoms with van der Waals surface area (Å²) >= 11 is 0. The normalized spacial score (nSPS) is 11.2. The van der Waals surface area contributed by atoms with E-state index in [0.29, 0.717) is 6.54 Å². The van der Waals surface area contributed by atoms with Crippen LogP contribution in [0.3, 0.4) is 0 Å². The topological polar surface area (TPSA) is 64.1 Å². The fourth-order valence-electron chi connectivity index (χ4n) is 2.89. The lowest BCUT2D eigenvalue weighted by Gasteiger charge is -2.19. The van der Waals surface area contributed by atoms with Crippen LogP contribution in [0.2, 0.25) is 0 Å². The standard InChI is InChI=1S/C23H25N3O2/c1-5-6-18-13-19-15-24-12-11-20(19)26-21(18)17-9-7-16(8-10-17)14-25-22(27)28-23(2,3)4/h5,7-13,15H,1,6,14H2,2-4H3,(H,25,27). The summed E-state index contributed by atoms with van der Waals surface area (Å²) in [4.78, 5) is 20.8. The van der Waals surface area contributed by atoms with Gasteiger partial charge in [-0.2, -0.15) is 0 Å². The summed E-state index contributed by atoms with van der Waals surface area (Å²) in [6, 6.07) is 12.0. The van der Waals surface area contributed by atoms with Gasteiger partial charge in [0, 0.05) is 29.9 Å². The van der Waals surface area contributed by atoms with Crippen LogP contribution < -0.4 is 5.32 Å². The van der Waals surface area contributed by atoms with Gasteiger partial charge in [-0.3, -0.25) is 4.98 Å². The maximum atomic E-state index is 11.8. The van der Waals surface area contributed by atoms with Crippen molar-refractivity contribution in [1.82, 2.24) is 15.3 Å². The predicted octanol–water partition coefficient (Wildman–Crippen LogP) is 5.05. The number of aromatic nitrogens is 2. The Bertz CT molecular complexity index is 989. The predicted molar refractivity (Wildman–Crippen MR) is 112 cm³/mol. The highest BCUT2D eigenvalue weighted by molar-refractivity contribution is 5.82. The number of fused-ring (bicyclic) bond motifs is 1. The van der Waals surface area contributed by atoms with E-state index >= 15 is 0 Å². The molecular weight excluding hydrogens is 350 g/mol. The van der Waals surface area contributed by atoms with Crippen molar-refractivity contribution in [3.63, 3.8) is 0 Å². The van der Waals surface area contributed by atoms with Crippen molar-refractivity contribution in [2.45, 2.75) is 39.3 Å². The van der Waals surface area contributed by atoms with E-state index in [-0.39, 0.29) is 0 Å². The third kappa shape index (κ3) is 4.94. The van der Waals surface area contributed by atoms with Gasteiger partial charge in [0.2, 0.25) is 0 Å². The van der Waals surface area contributed by atoms with E-state index in [1.807, 2.05) is 63.4 Å². The number of rotatable bonds is 5. The van der Waals surface area contributed by atoms with Crippen molar-refractivity contribution in [3.8, 4) is 11.3 Å². The second-order valence-electron chi connectivity index (χ2n) is 7.61. The minimum absolute atomic E-state index is 0.408. The molecule has 2 aromatic heterocycles. The molecule has 3 rings (SSSR count). The van der Waals surface area contributed by atoms with Crippen molar-refractivity contribution in [2.75, 3.05) is 0 Å². The summed E-state index contributed by atoms with van der Waals surface area (Å²) < 4.78 is 5.26. The number of ether oxygens (including phenoxy) is 1. The summed E-state index contributed by atoms with van der Waals surface area (Å²) in [5, 5.41) is 3.79. The van der Waals surface area contributed by atoms with Crippen LogP contribution in [0, 0.1) is 0 Å². The van der Waals surface area contributed by atoms with E-state index in [4.69, 9.17) is 9.72 Å². The first-order chi connectivity index (χ1) is 13.4. The molecule has 0 saturated carbocycles. The molecule has 0 saturated heterocycles. The minimum atomic E-state index is -0.507. The molecule has 0 atom stereocenters. The second-order valence-corrected chi connectivity index (χ2v) is 7.61. The Kier molecular flexibility index (Phi) is 5.73. The lowest BCUT2D eigenvalue weighted by Crippen LogP contribution is -2.32. The number of alkyl carbamates (subject to hydrolysis) is 1. The molecular formula is C23H25N3O2. The highest BCUT2D eigenvalue weighted by Gasteiger charge is 2.15. The van der Waals surface area contributed by atoms with E-state index in [9.17, 15) is 4.79 Å². The highest BCUT2D eigenvalue weighted by atomic mass is 16.6. The van der Waals surface area contributed by atoms with E-state index in [1.54, 1.807) is 6.20 Å². The molecule has 0 bridgehead atoms. The SMILES string of the molecule is C=CCc1cc2cnccc2nc1-c1ccc(CNC(=O)OC(C)(C)C)cc1. The molecule has 0 spiro atoms. The van der Waals surface area contributed by atoms with Crippen LogP contribution in [0.15, 0.2) is 61.4 Å². The lowest BCUT2D eigenvalue weighted by molar-refractivity contribution is 0.0523. The number of pyridine rings is 2. The van der Waals surface area contributed by atoms with Gasteiger partial charge < -0.3 is 10.1 Å². The Labute approximate surface area is 165 Å². The zero-order valence-electron chi connectivity index (χ0n) is 16.5. The molecule has 0 unspecified atom stereocenters. The number of allylic oxidation sites excluding steroid dienone is 1. The zero-order chi connectivity index (χ0) is 20.1. The first-order valence-corrected chi connectivity index (χ1v) is 9.26. The van der Waals surface area contributed by atoms with Crippen molar-refractivity contribution in [1.29, 1.82) is 0 Å². The number of carbonyl (C=O) groups excluding carboxylic acids is 1. The lowest BCUT2D eigenvalue weighted by atomic mass is 10.0. The van der Waals surface area contributed by atoms with E-state index in [2.05, 4.69) is 22.9 Å². The molecule has 2 heterocycles. The van der Waals surface area contributed by atoms with Crippen LogP contribution in [0.1, 0.15) is 31.9 Å². The maximum Gasteiger partial charge on any atom is 0.407 e. The van der Waals surface area contributed by atoms with E-state index in [1.165, 1.54) is 0 Å². The molecule has 0 aliphatic rings. The number of carbonyl (C=O) groups is 1. The van der Waals surface area contributed by atoms with Crippen LogP contribution in [-0.2, 0) is 17.7 Å². The third-order valence-electron chi connectivity index (χ3n) is 4.12. The van der Waals surface area contributed by atoms with Crippen LogP contribution in [0.4, 0.5) is 4.79 Å². The van der Waals surface area contributed by atoms with Crippen LogP contribution in [0.5, 0.6) is 0 Å². The summed E-state index contributed by atoms with van der Waals surface area (Å²) in [6.07, 6.45) is 5.76. The average molecular weight is 375 g/mol. The number of benzene rings is 1. The maximum absolute atomic E-state index is 11.8. The summed E-state index contributed by atoms with van der Waals surface area (Å²) in [5.41, 5.74) is 4.46. The molecule has 144 valence electrons. The highest BCUT2D eigenvalue weighted by Crippen LogP contribution is 2.26. The van der Waals surface area contributed by atoms with Gasteiger partial charge in [0.25, 0.3) is 0 Å². The van der Waals surface area contributed by atoms with Gasteiger partial charge in [-0.25, -0.2) is 9.78 Å². The molecule has 5 nitrogen and oxygen atoms in total. The molecule has 1 N–H and O–H groups in total. The molecule has 0 aliphatic carbocycles. The van der Waals surface area contributed by atoms with Crippen LogP contribution in [0.25, 0.3) is 22.2 Å². The Morgan fingerprint density at radius 1 is 1.21 bits per heavy atom. The first kappa shape index (κ1) is 19.5. The first-order valence-electron chi connectivity index (χ1n) is 9.26. The number of amides is 1. The van der Waals surface area contributed by atoms with Gasteiger partial charge in [0.05, 0.1) is 11.2 Å². The largest absolute Gasteiger partial charge is 0.444 e. The number of nitrogens with zero attached hydrogens (tertiary/aromatic N) is 2. The number of hydrogen-bond donors (Lipinski definition) is 1. The van der Waals surface area contributed by atoms with E-state index < -0.39 is 11.7 Å². The van der Waals surface area contributed by atoms with Gasteiger partial charge >= 0.3 is 6.09 Å². The van der Waals surface area contributed by atoms with Gasteiger partial charge in [-0.15, -0.1) is 6.58 Å². The molecule has 5 heteroatoms. The van der Waals surface area contributed by atoms with Crippen molar-refractivity contribution >= 4 is 17.0 Å². The Morgan fingerprint density at radius 2 is 1.96 bits per heavy atom. The third-order valence-corrected chi connectivity index (χ3v) is 4.12. The fraction of sp³-hybridized carbons (Fsp3) is 0.261. The molecule has 28 heavy (non-hydrogen) atoms. The van der Waals surface area contributed by atoms with E-state index in [0.717, 1.165) is 39.7 Å². The Hall–Kier alpha value is -3.21. The van der Waals surface area contributed by atoms with Gasteiger partial charge in [-0.1, -0.05) is 30.3 Å². The summed E-state index contributed by atoms with van der Waals surface area (Å²) in [7, 11) is 0. The second kappa shape index (κ2) is 8.21. The van der Waals surface area contributed by atoms with Crippen molar-refractivity contribution in [2.24, 2.45) is 0 Å². The number of nitrogens with one attached hydrogen (secondary N) is 1. The van der Waals surface area contributed by atoms with Gasteiger partial charge in [-0.05, 0) is 50.5 Å². The molecule has 0 radical (unpaired) electrons. The summed E-state index contributed by atoms with van der Waals surface area (Å²) in [6.45, 7) is 9.79. The molecule has 3 aromatic rings. The quantitative estimate of drug-likeness (QED) is 0.634. The van der Waals surface area contributed by atoms with Crippen molar-refractivity contribution in [3.05, 3.63) is 72.6 Å². The number of hydrogen-bond acceptors (Lipinski definition) is 4. The zero-order valence-corrected chi connectivity index (χ0v) is 16.5. The fourth-order valence-corrected chi connectivity index (χ4v) is 2.89. The summed E-state index contributed by atoms with van der Waals surface area (Å²) in [5.74, 6) is 0. The Morgan fingerprint density at radius 3 is 2.64 bits per heavy atom. The minimum Gasteiger partial charge on any atom is -0.444 e. The van der Waals surface area contributed by atoms with Gasteiger partial charge in [0.15, 0.2) is 0 Å². The van der Waals surface area contributed by atoms with Crippen molar-refractivity contribution < 1.29 is 9.53 Å². The van der Waals surface area contributed by atoms with Crippen LogP contribution in [-0.4, -0.2) is 21.7 Å². The average Bonchev–Trinajstić information content (AvgIpc) is 2.65. The molecule has 0 aliphatic heterocycles. The molecule has 1 aromatic carbocycles. The molecule has 0 fully saturated rings. The monoisotopic (exact) mass is 375 g/mol. The van der Waals surface area contributed by atoms with Crippen LogP contribution >= 0.6 is 0 Å².